The lowest BCUT2D eigenvalue weighted by Crippen LogP contribution is -2.28. The van der Waals surface area contributed by atoms with E-state index in [2.05, 4.69) is 205 Å². The first-order valence-electron chi connectivity index (χ1n) is 18.9. The van der Waals surface area contributed by atoms with Gasteiger partial charge in [-0.2, -0.15) is 0 Å². The van der Waals surface area contributed by atoms with Crippen LogP contribution >= 0.6 is 0 Å². The Bertz CT molecular complexity index is 2970. The summed E-state index contributed by atoms with van der Waals surface area (Å²) in [4.78, 5) is 2.37. The Kier molecular flexibility index (Phi) is 7.11. The van der Waals surface area contributed by atoms with Gasteiger partial charge in [-0.3, -0.25) is 0 Å². The van der Waals surface area contributed by atoms with Crippen LogP contribution in [0.2, 0.25) is 0 Å². The van der Waals surface area contributed by atoms with Gasteiger partial charge in [0, 0.05) is 27.8 Å². The van der Waals surface area contributed by atoms with Gasteiger partial charge >= 0.3 is 0 Å². The van der Waals surface area contributed by atoms with E-state index in [1.165, 1.54) is 49.9 Å². The first-order chi connectivity index (χ1) is 27.3. The van der Waals surface area contributed by atoms with Crippen LogP contribution in [0.15, 0.2) is 217 Å². The van der Waals surface area contributed by atoms with Crippen molar-refractivity contribution in [2.45, 2.75) is 5.41 Å². The molecule has 9 aromatic carbocycles. The molecule has 0 unspecified atom stereocenters. The molecule has 0 atom stereocenters. The van der Waals surface area contributed by atoms with Crippen molar-refractivity contribution in [1.82, 2.24) is 0 Å². The van der Waals surface area contributed by atoms with Crippen molar-refractivity contribution in [1.29, 1.82) is 0 Å². The molecular weight excluding hydrogens is 667 g/mol. The molecule has 0 N–H and O–H groups in total. The Morgan fingerprint density at radius 3 is 1.60 bits per heavy atom. The minimum Gasteiger partial charge on any atom is -0.456 e. The lowest BCUT2D eigenvalue weighted by molar-refractivity contribution is 0.669. The highest BCUT2D eigenvalue weighted by Crippen LogP contribution is 2.56. The number of hydrogen-bond acceptors (Lipinski definition) is 2. The summed E-state index contributed by atoms with van der Waals surface area (Å²) in [5, 5.41) is 4.60. The van der Waals surface area contributed by atoms with Crippen LogP contribution in [0.3, 0.4) is 0 Å². The van der Waals surface area contributed by atoms with Gasteiger partial charge in [-0.05, 0) is 110 Å². The van der Waals surface area contributed by atoms with E-state index in [9.17, 15) is 0 Å². The number of benzene rings is 9. The van der Waals surface area contributed by atoms with E-state index >= 15 is 0 Å². The summed E-state index contributed by atoms with van der Waals surface area (Å²) in [5.74, 6) is 0. The maximum Gasteiger partial charge on any atom is 0.136 e. The summed E-state index contributed by atoms with van der Waals surface area (Å²) < 4.78 is 6.33. The van der Waals surface area contributed by atoms with Gasteiger partial charge in [-0.25, -0.2) is 0 Å². The molecule has 55 heavy (non-hydrogen) atoms. The molecule has 0 saturated carbocycles. The predicted molar refractivity (Wildman–Crippen MR) is 229 cm³/mol. The number of hydrogen-bond donors (Lipinski definition) is 0. The topological polar surface area (TPSA) is 16.4 Å². The molecule has 0 amide bonds. The van der Waals surface area contributed by atoms with Crippen molar-refractivity contribution in [3.8, 4) is 22.3 Å². The molecule has 0 radical (unpaired) electrons. The van der Waals surface area contributed by atoms with Gasteiger partial charge in [-0.1, -0.05) is 158 Å². The van der Waals surface area contributed by atoms with Crippen LogP contribution in [0.25, 0.3) is 55.0 Å². The average molecular weight is 702 g/mol. The lowest BCUT2D eigenvalue weighted by Gasteiger charge is -2.34. The van der Waals surface area contributed by atoms with Crippen molar-refractivity contribution in [2.24, 2.45) is 0 Å². The van der Waals surface area contributed by atoms with Gasteiger partial charge < -0.3 is 9.32 Å². The highest BCUT2D eigenvalue weighted by atomic mass is 16.3. The van der Waals surface area contributed by atoms with Gasteiger partial charge in [-0.15, -0.1) is 0 Å². The van der Waals surface area contributed by atoms with Crippen LogP contribution in [0, 0.1) is 0 Å². The standard InChI is InChI=1S/C53H35NO/c1-3-13-36(14-4-1)37-23-28-42(29-24-37)54(44-30-25-38-34-48-47-19-9-12-22-51(47)55-52(48)35-39(38)33-44)43-31-26-41(27-32-43)53(40-15-5-2-6-16-40)49-20-10-7-17-45(49)46-18-8-11-21-50(46)53/h1-35H. The van der Waals surface area contributed by atoms with E-state index in [0.717, 1.165) is 44.4 Å². The number of rotatable bonds is 6. The summed E-state index contributed by atoms with van der Waals surface area (Å²) in [6.07, 6.45) is 0. The summed E-state index contributed by atoms with van der Waals surface area (Å²) in [7, 11) is 0. The Balaban J connectivity index is 1.08. The van der Waals surface area contributed by atoms with Crippen LogP contribution in [0.4, 0.5) is 17.1 Å². The highest BCUT2D eigenvalue weighted by molar-refractivity contribution is 6.10. The largest absolute Gasteiger partial charge is 0.456 e. The van der Waals surface area contributed by atoms with Gasteiger partial charge in [0.15, 0.2) is 0 Å². The molecule has 0 bridgehead atoms. The molecule has 1 aromatic heterocycles. The number of furan rings is 1. The minimum atomic E-state index is -0.448. The van der Waals surface area contributed by atoms with E-state index in [0.29, 0.717) is 0 Å². The zero-order chi connectivity index (χ0) is 36.3. The number of nitrogens with zero attached hydrogens (tertiary/aromatic N) is 1. The van der Waals surface area contributed by atoms with Crippen LogP contribution in [0.1, 0.15) is 22.3 Å². The third kappa shape index (κ3) is 4.89. The Labute approximate surface area is 320 Å². The fourth-order valence-corrected chi connectivity index (χ4v) is 9.05. The Morgan fingerprint density at radius 1 is 0.345 bits per heavy atom. The second-order valence-corrected chi connectivity index (χ2v) is 14.5. The molecule has 1 aliphatic carbocycles. The lowest BCUT2D eigenvalue weighted by atomic mass is 9.68. The molecule has 10 aromatic rings. The van der Waals surface area contributed by atoms with Crippen molar-refractivity contribution in [3.05, 3.63) is 235 Å². The van der Waals surface area contributed by atoms with Gasteiger partial charge in [0.05, 0.1) is 5.41 Å². The second kappa shape index (κ2) is 12.5. The number of fused-ring (bicyclic) bond motifs is 7. The van der Waals surface area contributed by atoms with Crippen LogP contribution in [-0.2, 0) is 5.41 Å². The molecule has 2 heteroatoms. The molecule has 2 nitrogen and oxygen atoms in total. The quantitative estimate of drug-likeness (QED) is 0.172. The highest BCUT2D eigenvalue weighted by Gasteiger charge is 2.45. The molecule has 0 spiro atoms. The zero-order valence-electron chi connectivity index (χ0n) is 30.1. The van der Waals surface area contributed by atoms with E-state index in [1.54, 1.807) is 0 Å². The maximum absolute atomic E-state index is 6.33. The third-order valence-corrected chi connectivity index (χ3v) is 11.5. The van der Waals surface area contributed by atoms with Crippen LogP contribution < -0.4 is 4.90 Å². The van der Waals surface area contributed by atoms with E-state index < -0.39 is 5.41 Å². The van der Waals surface area contributed by atoms with E-state index in [4.69, 9.17) is 4.42 Å². The van der Waals surface area contributed by atoms with Crippen molar-refractivity contribution in [2.75, 3.05) is 4.90 Å². The normalized spacial score (nSPS) is 12.9. The molecule has 0 aliphatic heterocycles. The molecule has 1 aliphatic rings. The molecule has 0 saturated heterocycles. The van der Waals surface area contributed by atoms with Crippen LogP contribution in [-0.4, -0.2) is 0 Å². The van der Waals surface area contributed by atoms with Crippen molar-refractivity contribution in [3.63, 3.8) is 0 Å². The summed E-state index contributed by atoms with van der Waals surface area (Å²) in [6.45, 7) is 0. The smallest absolute Gasteiger partial charge is 0.136 e. The monoisotopic (exact) mass is 701 g/mol. The molecule has 1 heterocycles. The summed E-state index contributed by atoms with van der Waals surface area (Å²) in [6, 6.07) is 77.1. The van der Waals surface area contributed by atoms with Gasteiger partial charge in [0.25, 0.3) is 0 Å². The third-order valence-electron chi connectivity index (χ3n) is 11.5. The van der Waals surface area contributed by atoms with Crippen molar-refractivity contribution < 1.29 is 4.42 Å². The SMILES string of the molecule is c1ccc(-c2ccc(N(c3ccc(C4(c5ccccc5)c5ccccc5-c5ccccc54)cc3)c3ccc4cc5c(cc4c3)oc3ccccc35)cc2)cc1. The predicted octanol–water partition coefficient (Wildman–Crippen LogP) is 14.2. The molecule has 0 fully saturated rings. The minimum absolute atomic E-state index is 0.448. The van der Waals surface area contributed by atoms with E-state index in [-0.39, 0.29) is 0 Å². The molecule has 258 valence electrons. The summed E-state index contributed by atoms with van der Waals surface area (Å²) in [5.41, 5.74) is 14.7. The van der Waals surface area contributed by atoms with E-state index in [1.807, 2.05) is 12.1 Å². The molecule has 11 rings (SSSR count). The van der Waals surface area contributed by atoms with Gasteiger partial charge in [0.2, 0.25) is 0 Å². The van der Waals surface area contributed by atoms with Gasteiger partial charge in [0.1, 0.15) is 11.2 Å². The Hall–Kier alpha value is -7.16. The first kappa shape index (κ1) is 31.4. The maximum atomic E-state index is 6.33. The van der Waals surface area contributed by atoms with Crippen LogP contribution in [0.5, 0.6) is 0 Å². The number of anilines is 3. The first-order valence-corrected chi connectivity index (χ1v) is 18.9. The number of para-hydroxylation sites is 1. The fourth-order valence-electron chi connectivity index (χ4n) is 9.05. The Morgan fingerprint density at radius 2 is 0.891 bits per heavy atom. The van der Waals surface area contributed by atoms with Crippen molar-refractivity contribution >= 4 is 49.8 Å². The second-order valence-electron chi connectivity index (χ2n) is 14.5. The summed E-state index contributed by atoms with van der Waals surface area (Å²) >= 11 is 0. The average Bonchev–Trinajstić information content (AvgIpc) is 3.77. The molecular formula is C53H35NO. The fraction of sp³-hybridized carbons (Fsp3) is 0.0189. The zero-order valence-corrected chi connectivity index (χ0v) is 30.1.